The maximum absolute atomic E-state index is 10.1. The first-order chi connectivity index (χ1) is 7.77. The van der Waals surface area contributed by atoms with Crippen molar-refractivity contribution in [1.82, 2.24) is 0 Å². The molecule has 0 amide bonds. The smallest absolute Gasteiger partial charge is 0.850 e. The second kappa shape index (κ2) is 10.4. The summed E-state index contributed by atoms with van der Waals surface area (Å²) in [6, 6.07) is 7.72. The van der Waals surface area contributed by atoms with Crippen LogP contribution < -0.4 is 61.2 Å². The molecule has 0 fully saturated rings. The molecule has 0 aliphatic rings. The summed E-state index contributed by atoms with van der Waals surface area (Å²) in [6.07, 6.45) is 0.385. The molecule has 0 bridgehead atoms. The van der Waals surface area contributed by atoms with Crippen molar-refractivity contribution in [3.05, 3.63) is 28.2 Å². The molecule has 0 N–H and O–H groups in total. The zero-order valence-corrected chi connectivity index (χ0v) is 16.3. The average Bonchev–Trinajstić information content (AvgIpc) is 2.18. The van der Waals surface area contributed by atoms with Gasteiger partial charge in [-0.3, -0.25) is 0 Å². The Labute approximate surface area is 160 Å². The van der Waals surface area contributed by atoms with Gasteiger partial charge in [0.15, 0.2) is 0 Å². The molecular weight excluding hydrogens is 321 g/mol. The Morgan fingerprint density at radius 1 is 1.39 bits per heavy atom. The van der Waals surface area contributed by atoms with Crippen molar-refractivity contribution in [2.24, 2.45) is 0 Å². The molecular formula is C13H17BrKNO2. The first kappa shape index (κ1) is 20.9. The van der Waals surface area contributed by atoms with E-state index in [4.69, 9.17) is 10.00 Å². The minimum atomic E-state index is -0.750. The molecule has 5 heteroatoms. The first-order valence-corrected chi connectivity index (χ1v) is 5.97. The Morgan fingerprint density at radius 3 is 2.28 bits per heavy atom. The van der Waals surface area contributed by atoms with Crippen LogP contribution in [0.4, 0.5) is 0 Å². The van der Waals surface area contributed by atoms with Crippen molar-refractivity contribution in [1.29, 1.82) is 5.26 Å². The van der Waals surface area contributed by atoms with Crippen molar-refractivity contribution in [3.8, 4) is 11.8 Å². The fourth-order valence-corrected chi connectivity index (χ4v) is 1.29. The summed E-state index contributed by atoms with van der Waals surface area (Å²) >= 11 is 3.33. The second-order valence-corrected chi connectivity index (χ2v) is 5.32. The third-order valence-electron chi connectivity index (χ3n) is 1.52. The van der Waals surface area contributed by atoms with E-state index in [9.17, 15) is 5.11 Å². The summed E-state index contributed by atoms with van der Waals surface area (Å²) in [5.41, 5.74) is 0.170. The van der Waals surface area contributed by atoms with E-state index in [0.29, 0.717) is 6.42 Å². The molecule has 0 atom stereocenters. The van der Waals surface area contributed by atoms with Crippen LogP contribution in [0.3, 0.4) is 0 Å². The number of hydrogen-bond acceptors (Lipinski definition) is 3. The van der Waals surface area contributed by atoms with Gasteiger partial charge in [-0.05, 0) is 12.1 Å². The quantitative estimate of drug-likeness (QED) is 0.694. The molecule has 3 nitrogen and oxygen atoms in total. The van der Waals surface area contributed by atoms with E-state index < -0.39 is 5.60 Å². The van der Waals surface area contributed by atoms with Crippen LogP contribution in [0.5, 0.6) is 5.75 Å². The van der Waals surface area contributed by atoms with E-state index in [0.717, 1.165) is 15.8 Å². The minimum Gasteiger partial charge on any atom is -0.850 e. The molecule has 0 spiro atoms. The average molecular weight is 338 g/mol. The number of nitriles is 1. The third kappa shape index (κ3) is 11.7. The van der Waals surface area contributed by atoms with Crippen molar-refractivity contribution in [3.63, 3.8) is 0 Å². The Morgan fingerprint density at radius 2 is 1.89 bits per heavy atom. The number of halogens is 1. The van der Waals surface area contributed by atoms with Crippen LogP contribution in [-0.2, 0) is 6.42 Å². The van der Waals surface area contributed by atoms with Crippen LogP contribution in [0.15, 0.2) is 22.7 Å². The Kier molecular flexibility index (Phi) is 12.1. The summed E-state index contributed by atoms with van der Waals surface area (Å²) in [7, 11) is 1.60. The molecule has 1 aromatic rings. The van der Waals surface area contributed by atoms with Crippen LogP contribution >= 0.6 is 15.9 Å². The van der Waals surface area contributed by atoms with Crippen molar-refractivity contribution in [2.45, 2.75) is 32.8 Å². The SMILES string of the molecule is CC(C)(C)[O-].COc1cc(Br)ccc1CC#N.[K+]. The Hall–Kier alpha value is 0.586. The Bertz CT molecular complexity index is 391. The maximum Gasteiger partial charge on any atom is 1.00 e. The molecule has 1 aromatic carbocycles. The van der Waals surface area contributed by atoms with E-state index in [2.05, 4.69) is 22.0 Å². The number of benzene rings is 1. The van der Waals surface area contributed by atoms with Crippen molar-refractivity contribution >= 4 is 15.9 Å². The van der Waals surface area contributed by atoms with Gasteiger partial charge in [-0.25, -0.2) is 0 Å². The van der Waals surface area contributed by atoms with E-state index in [1.165, 1.54) is 0 Å². The fourth-order valence-electron chi connectivity index (χ4n) is 0.950. The molecule has 0 radical (unpaired) electrons. The van der Waals surface area contributed by atoms with Gasteiger partial charge in [0.05, 0.1) is 19.6 Å². The largest absolute Gasteiger partial charge is 1.00 e. The number of nitrogens with zero attached hydrogens (tertiary/aromatic N) is 1. The molecule has 0 unspecified atom stereocenters. The van der Waals surface area contributed by atoms with Crippen molar-refractivity contribution < 1.29 is 61.2 Å². The van der Waals surface area contributed by atoms with Crippen LogP contribution in [0.1, 0.15) is 26.3 Å². The normalized spacial score (nSPS) is 9.39. The zero-order valence-electron chi connectivity index (χ0n) is 11.6. The molecule has 94 valence electrons. The van der Waals surface area contributed by atoms with Crippen LogP contribution in [-0.4, -0.2) is 12.7 Å². The Balaban J connectivity index is 0. The molecule has 0 saturated carbocycles. The van der Waals surface area contributed by atoms with Gasteiger partial charge in [0, 0.05) is 10.0 Å². The minimum absolute atomic E-state index is 0. The van der Waals surface area contributed by atoms with Crippen LogP contribution in [0, 0.1) is 11.3 Å². The van der Waals surface area contributed by atoms with E-state index in [1.54, 1.807) is 27.9 Å². The van der Waals surface area contributed by atoms with Crippen molar-refractivity contribution in [2.75, 3.05) is 7.11 Å². The van der Waals surface area contributed by atoms with Crippen LogP contribution in [0.25, 0.3) is 0 Å². The number of rotatable bonds is 2. The monoisotopic (exact) mass is 337 g/mol. The van der Waals surface area contributed by atoms with Gasteiger partial charge >= 0.3 is 51.4 Å². The summed E-state index contributed by atoms with van der Waals surface area (Å²) in [6.45, 7) is 4.90. The summed E-state index contributed by atoms with van der Waals surface area (Å²) in [5, 5.41) is 18.6. The van der Waals surface area contributed by atoms with Gasteiger partial charge in [-0.1, -0.05) is 42.8 Å². The predicted molar refractivity (Wildman–Crippen MR) is 69.8 cm³/mol. The van der Waals surface area contributed by atoms with Gasteiger partial charge in [0.25, 0.3) is 0 Å². The number of ether oxygens (including phenoxy) is 1. The third-order valence-corrected chi connectivity index (χ3v) is 2.01. The van der Waals surface area contributed by atoms with Gasteiger partial charge in [-0.2, -0.15) is 5.26 Å². The number of hydrogen-bond donors (Lipinski definition) is 0. The second-order valence-electron chi connectivity index (χ2n) is 4.40. The molecule has 0 aliphatic heterocycles. The standard InChI is InChI=1S/C9H8BrNO.C4H9O.K/c1-12-9-6-8(10)3-2-7(9)4-5-11;1-4(2,3)5;/h2-3,6H,4H2,1H3;1-3H3;/q;-1;+1. The topological polar surface area (TPSA) is 56.1 Å². The fraction of sp³-hybridized carbons (Fsp3) is 0.462. The molecule has 0 aromatic heterocycles. The van der Waals surface area contributed by atoms with Gasteiger partial charge in [-0.15, -0.1) is 5.60 Å². The van der Waals surface area contributed by atoms with E-state index in [1.807, 2.05) is 18.2 Å². The van der Waals surface area contributed by atoms with Gasteiger partial charge < -0.3 is 9.84 Å². The summed E-state index contributed by atoms with van der Waals surface area (Å²) in [5.74, 6) is 0.755. The molecule has 0 saturated heterocycles. The van der Waals surface area contributed by atoms with Gasteiger partial charge in [0.2, 0.25) is 0 Å². The molecule has 1 rings (SSSR count). The first-order valence-electron chi connectivity index (χ1n) is 5.17. The molecule has 0 heterocycles. The zero-order chi connectivity index (χ0) is 13.5. The van der Waals surface area contributed by atoms with Crippen LogP contribution in [0.2, 0.25) is 0 Å². The van der Waals surface area contributed by atoms with E-state index >= 15 is 0 Å². The molecule has 0 aliphatic carbocycles. The van der Waals surface area contributed by atoms with Gasteiger partial charge in [0.1, 0.15) is 5.75 Å². The summed E-state index contributed by atoms with van der Waals surface area (Å²) in [4.78, 5) is 0. The van der Waals surface area contributed by atoms with E-state index in [-0.39, 0.29) is 51.4 Å². The summed E-state index contributed by atoms with van der Waals surface area (Å²) < 4.78 is 6.06. The number of methoxy groups -OCH3 is 1. The molecule has 18 heavy (non-hydrogen) atoms. The predicted octanol–water partition coefficient (Wildman–Crippen LogP) is -0.327. The maximum atomic E-state index is 10.1.